The van der Waals surface area contributed by atoms with Gasteiger partial charge >= 0.3 is 0 Å². The van der Waals surface area contributed by atoms with E-state index >= 15 is 0 Å². The average Bonchev–Trinajstić information content (AvgIpc) is 2.75. The summed E-state index contributed by atoms with van der Waals surface area (Å²) in [6, 6.07) is 6.81. The van der Waals surface area contributed by atoms with Crippen molar-refractivity contribution in [1.82, 2.24) is 9.88 Å². The SMILES string of the molecule is CC(C)N(C)CCCNc1nc2ccc(Br)cc2s1. The summed E-state index contributed by atoms with van der Waals surface area (Å²) in [4.78, 5) is 6.94. The first-order valence-electron chi connectivity index (χ1n) is 6.56. The molecule has 2 rings (SSSR count). The first-order chi connectivity index (χ1) is 9.06. The maximum Gasteiger partial charge on any atom is 0.183 e. The molecule has 0 aliphatic heterocycles. The molecular weight excluding hydrogens is 322 g/mol. The Bertz CT molecular complexity index is 538. The number of hydrogen-bond acceptors (Lipinski definition) is 4. The predicted octanol–water partition coefficient (Wildman–Crippen LogP) is 4.20. The van der Waals surface area contributed by atoms with Crippen LogP contribution in [0.2, 0.25) is 0 Å². The molecule has 0 saturated carbocycles. The third kappa shape index (κ3) is 4.16. The van der Waals surface area contributed by atoms with Gasteiger partial charge in [0.15, 0.2) is 5.13 Å². The lowest BCUT2D eigenvalue weighted by molar-refractivity contribution is 0.273. The minimum absolute atomic E-state index is 0.611. The third-order valence-electron chi connectivity index (χ3n) is 3.20. The van der Waals surface area contributed by atoms with Gasteiger partial charge in [-0.25, -0.2) is 4.98 Å². The van der Waals surface area contributed by atoms with E-state index < -0.39 is 0 Å². The molecule has 1 N–H and O–H groups in total. The van der Waals surface area contributed by atoms with Crippen molar-refractivity contribution in [2.75, 3.05) is 25.5 Å². The molecule has 0 saturated heterocycles. The van der Waals surface area contributed by atoms with Gasteiger partial charge in [-0.1, -0.05) is 27.3 Å². The monoisotopic (exact) mass is 341 g/mol. The molecular formula is C14H20BrN3S. The van der Waals surface area contributed by atoms with Crippen LogP contribution in [0.15, 0.2) is 22.7 Å². The molecule has 0 spiro atoms. The first-order valence-corrected chi connectivity index (χ1v) is 8.17. The standard InChI is InChI=1S/C14H20BrN3S/c1-10(2)18(3)8-4-7-16-14-17-12-6-5-11(15)9-13(12)19-14/h5-6,9-10H,4,7-8H2,1-3H3,(H,16,17). The van der Waals surface area contributed by atoms with Crippen LogP contribution in [0.1, 0.15) is 20.3 Å². The number of nitrogens with one attached hydrogen (secondary N) is 1. The Morgan fingerprint density at radius 2 is 2.21 bits per heavy atom. The Morgan fingerprint density at radius 3 is 2.95 bits per heavy atom. The number of nitrogens with zero attached hydrogens (tertiary/aromatic N) is 2. The largest absolute Gasteiger partial charge is 0.361 e. The third-order valence-corrected chi connectivity index (χ3v) is 4.66. The Kier molecular flexibility index (Phi) is 5.19. The van der Waals surface area contributed by atoms with E-state index in [2.05, 4.69) is 58.1 Å². The molecule has 2 aromatic rings. The second kappa shape index (κ2) is 6.68. The molecule has 104 valence electrons. The van der Waals surface area contributed by atoms with Crippen LogP contribution in [-0.4, -0.2) is 36.1 Å². The highest BCUT2D eigenvalue weighted by Gasteiger charge is 2.05. The summed E-state index contributed by atoms with van der Waals surface area (Å²) in [6.45, 7) is 6.52. The van der Waals surface area contributed by atoms with Crippen molar-refractivity contribution in [3.8, 4) is 0 Å². The minimum Gasteiger partial charge on any atom is -0.361 e. The van der Waals surface area contributed by atoms with E-state index in [0.717, 1.165) is 34.6 Å². The Labute approximate surface area is 127 Å². The van der Waals surface area contributed by atoms with Crippen molar-refractivity contribution in [3.05, 3.63) is 22.7 Å². The van der Waals surface area contributed by atoms with Gasteiger partial charge in [-0.15, -0.1) is 0 Å². The lowest BCUT2D eigenvalue weighted by atomic mass is 10.3. The predicted molar refractivity (Wildman–Crippen MR) is 88.2 cm³/mol. The van der Waals surface area contributed by atoms with E-state index in [9.17, 15) is 0 Å². The molecule has 0 amide bonds. The molecule has 0 fully saturated rings. The summed E-state index contributed by atoms with van der Waals surface area (Å²) in [5, 5.41) is 4.43. The van der Waals surface area contributed by atoms with E-state index in [-0.39, 0.29) is 0 Å². The van der Waals surface area contributed by atoms with E-state index in [1.807, 2.05) is 12.1 Å². The van der Waals surface area contributed by atoms with Crippen LogP contribution < -0.4 is 5.32 Å². The smallest absolute Gasteiger partial charge is 0.183 e. The van der Waals surface area contributed by atoms with Crippen molar-refractivity contribution in [2.24, 2.45) is 0 Å². The average molecular weight is 342 g/mol. The van der Waals surface area contributed by atoms with Gasteiger partial charge in [0.2, 0.25) is 0 Å². The van der Waals surface area contributed by atoms with Gasteiger partial charge in [-0.05, 0) is 52.1 Å². The zero-order chi connectivity index (χ0) is 13.8. The van der Waals surface area contributed by atoms with Crippen LogP contribution in [0.25, 0.3) is 10.2 Å². The summed E-state index contributed by atoms with van der Waals surface area (Å²) in [5.41, 5.74) is 1.06. The van der Waals surface area contributed by atoms with E-state index in [4.69, 9.17) is 0 Å². The fourth-order valence-electron chi connectivity index (χ4n) is 1.76. The first kappa shape index (κ1) is 14.8. The molecule has 0 atom stereocenters. The van der Waals surface area contributed by atoms with Crippen LogP contribution in [0.4, 0.5) is 5.13 Å². The zero-order valence-corrected chi connectivity index (χ0v) is 14.0. The lowest BCUT2D eigenvalue weighted by Crippen LogP contribution is -2.28. The molecule has 3 nitrogen and oxygen atoms in total. The Balaban J connectivity index is 1.85. The second-order valence-electron chi connectivity index (χ2n) is 4.99. The molecule has 1 heterocycles. The highest BCUT2D eigenvalue weighted by atomic mass is 79.9. The van der Waals surface area contributed by atoms with Gasteiger partial charge in [0, 0.05) is 17.1 Å². The maximum absolute atomic E-state index is 4.58. The number of hydrogen-bond donors (Lipinski definition) is 1. The number of fused-ring (bicyclic) bond motifs is 1. The fraction of sp³-hybridized carbons (Fsp3) is 0.500. The number of benzene rings is 1. The van der Waals surface area contributed by atoms with Gasteiger partial charge in [0.05, 0.1) is 10.2 Å². The van der Waals surface area contributed by atoms with Gasteiger partial charge < -0.3 is 10.2 Å². The number of anilines is 1. The summed E-state index contributed by atoms with van der Waals surface area (Å²) >= 11 is 5.20. The Morgan fingerprint density at radius 1 is 1.42 bits per heavy atom. The topological polar surface area (TPSA) is 28.2 Å². The summed E-state index contributed by atoms with van der Waals surface area (Å²) in [5.74, 6) is 0. The molecule has 0 aliphatic rings. The van der Waals surface area contributed by atoms with Crippen molar-refractivity contribution in [1.29, 1.82) is 0 Å². The maximum atomic E-state index is 4.58. The molecule has 0 bridgehead atoms. The van der Waals surface area contributed by atoms with Crippen LogP contribution in [0.5, 0.6) is 0 Å². The van der Waals surface area contributed by atoms with Crippen LogP contribution in [0.3, 0.4) is 0 Å². The van der Waals surface area contributed by atoms with Crippen molar-refractivity contribution < 1.29 is 0 Å². The highest BCUT2D eigenvalue weighted by Crippen LogP contribution is 2.28. The van der Waals surface area contributed by atoms with Gasteiger partial charge in [0.25, 0.3) is 0 Å². The zero-order valence-electron chi connectivity index (χ0n) is 11.6. The summed E-state index contributed by atoms with van der Waals surface area (Å²) in [7, 11) is 2.17. The molecule has 1 aromatic heterocycles. The fourth-order valence-corrected chi connectivity index (χ4v) is 3.20. The molecule has 1 aromatic carbocycles. The van der Waals surface area contributed by atoms with E-state index in [1.165, 1.54) is 4.70 Å². The van der Waals surface area contributed by atoms with E-state index in [1.54, 1.807) is 11.3 Å². The normalized spacial score (nSPS) is 11.7. The second-order valence-corrected chi connectivity index (χ2v) is 6.93. The number of halogens is 1. The van der Waals surface area contributed by atoms with Crippen LogP contribution in [-0.2, 0) is 0 Å². The summed E-state index contributed by atoms with van der Waals surface area (Å²) in [6.07, 6.45) is 1.13. The molecule has 19 heavy (non-hydrogen) atoms. The number of aromatic nitrogens is 1. The van der Waals surface area contributed by atoms with Crippen LogP contribution in [0, 0.1) is 0 Å². The van der Waals surface area contributed by atoms with Crippen molar-refractivity contribution in [3.63, 3.8) is 0 Å². The van der Waals surface area contributed by atoms with Gasteiger partial charge in [-0.3, -0.25) is 0 Å². The number of thiazole rings is 1. The Hall–Kier alpha value is -0.650. The minimum atomic E-state index is 0.611. The quantitative estimate of drug-likeness (QED) is 0.798. The number of rotatable bonds is 6. The highest BCUT2D eigenvalue weighted by molar-refractivity contribution is 9.10. The summed E-state index contributed by atoms with van der Waals surface area (Å²) < 4.78 is 2.32. The molecule has 0 radical (unpaired) electrons. The van der Waals surface area contributed by atoms with Crippen molar-refractivity contribution >= 4 is 42.6 Å². The van der Waals surface area contributed by atoms with Crippen LogP contribution >= 0.6 is 27.3 Å². The molecule has 0 unspecified atom stereocenters. The lowest BCUT2D eigenvalue weighted by Gasteiger charge is -2.20. The van der Waals surface area contributed by atoms with Crippen molar-refractivity contribution in [2.45, 2.75) is 26.3 Å². The molecule has 5 heteroatoms. The van der Waals surface area contributed by atoms with Gasteiger partial charge in [-0.2, -0.15) is 0 Å². The van der Waals surface area contributed by atoms with Gasteiger partial charge in [0.1, 0.15) is 0 Å². The molecule has 0 aliphatic carbocycles. The van der Waals surface area contributed by atoms with E-state index in [0.29, 0.717) is 6.04 Å².